The van der Waals surface area contributed by atoms with Crippen LogP contribution in [0.3, 0.4) is 0 Å². The number of carboxylic acids is 1. The van der Waals surface area contributed by atoms with Crippen LogP contribution in [0.25, 0.3) is 0 Å². The molecule has 1 aliphatic heterocycles. The highest BCUT2D eigenvalue weighted by molar-refractivity contribution is 5.90. The van der Waals surface area contributed by atoms with E-state index in [-0.39, 0.29) is 18.4 Å². The summed E-state index contributed by atoms with van der Waals surface area (Å²) in [7, 11) is 0. The molecule has 1 aromatic heterocycles. The van der Waals surface area contributed by atoms with E-state index in [4.69, 9.17) is 5.11 Å². The molecule has 0 spiro atoms. The molecule has 0 bridgehead atoms. The number of aromatic amines is 1. The molecule has 1 aromatic rings. The number of carbonyl (C=O) groups excluding carboxylic acids is 1. The zero-order valence-corrected chi connectivity index (χ0v) is 11.8. The predicted molar refractivity (Wildman–Crippen MR) is 73.6 cm³/mol. The molecule has 0 saturated carbocycles. The summed E-state index contributed by atoms with van der Waals surface area (Å²) >= 11 is 0. The Morgan fingerprint density at radius 3 is 2.85 bits per heavy atom. The summed E-state index contributed by atoms with van der Waals surface area (Å²) in [6.45, 7) is 4.83. The fraction of sp³-hybridized carbons (Fsp3) is 0.615. The standard InChI is InChI=1S/C13H20N4O3/c1-8-12(9(2)16-15-8)14-13(20)17-5-3-4-10(7-17)6-11(18)19/h10H,3-7H2,1-2H3,(H,14,20)(H,15,16)(H,18,19). The van der Waals surface area contributed by atoms with Gasteiger partial charge in [0.2, 0.25) is 0 Å². The summed E-state index contributed by atoms with van der Waals surface area (Å²) in [5.41, 5.74) is 2.26. The molecule has 1 unspecified atom stereocenters. The number of aryl methyl sites for hydroxylation is 2. The summed E-state index contributed by atoms with van der Waals surface area (Å²) in [4.78, 5) is 24.7. The third kappa shape index (κ3) is 3.28. The van der Waals surface area contributed by atoms with Gasteiger partial charge in [0.05, 0.1) is 17.1 Å². The number of nitrogens with zero attached hydrogens (tertiary/aromatic N) is 2. The van der Waals surface area contributed by atoms with Gasteiger partial charge in [-0.3, -0.25) is 9.89 Å². The van der Waals surface area contributed by atoms with Crippen molar-refractivity contribution in [3.63, 3.8) is 0 Å². The van der Waals surface area contributed by atoms with Gasteiger partial charge in [-0.25, -0.2) is 4.79 Å². The number of carboxylic acid groups (broad SMARTS) is 1. The molecule has 7 nitrogen and oxygen atoms in total. The van der Waals surface area contributed by atoms with Gasteiger partial charge in [0.15, 0.2) is 0 Å². The highest BCUT2D eigenvalue weighted by Gasteiger charge is 2.26. The van der Waals surface area contributed by atoms with Crippen LogP contribution in [0.1, 0.15) is 30.7 Å². The van der Waals surface area contributed by atoms with Crippen molar-refractivity contribution in [2.24, 2.45) is 5.92 Å². The van der Waals surface area contributed by atoms with Gasteiger partial charge in [-0.05, 0) is 32.6 Å². The van der Waals surface area contributed by atoms with Gasteiger partial charge in [0.25, 0.3) is 0 Å². The lowest BCUT2D eigenvalue weighted by Gasteiger charge is -2.32. The molecule has 0 aromatic carbocycles. The molecule has 7 heteroatoms. The molecule has 110 valence electrons. The Hall–Kier alpha value is -2.05. The van der Waals surface area contributed by atoms with E-state index in [2.05, 4.69) is 15.5 Å². The molecule has 1 aliphatic rings. The molecule has 1 saturated heterocycles. The van der Waals surface area contributed by atoms with Crippen molar-refractivity contribution in [3.8, 4) is 0 Å². The van der Waals surface area contributed by atoms with E-state index in [1.807, 2.05) is 13.8 Å². The Kier molecular flexibility index (Phi) is 4.26. The number of aromatic nitrogens is 2. The number of piperidine rings is 1. The Balaban J connectivity index is 1.97. The number of amides is 2. The molecule has 20 heavy (non-hydrogen) atoms. The van der Waals surface area contributed by atoms with E-state index in [1.54, 1.807) is 4.90 Å². The minimum atomic E-state index is -0.807. The number of hydrogen-bond donors (Lipinski definition) is 3. The number of hydrogen-bond acceptors (Lipinski definition) is 3. The van der Waals surface area contributed by atoms with Gasteiger partial charge in [0.1, 0.15) is 0 Å². The zero-order chi connectivity index (χ0) is 14.7. The van der Waals surface area contributed by atoms with Crippen LogP contribution >= 0.6 is 0 Å². The predicted octanol–water partition coefficient (Wildman–Crippen LogP) is 1.75. The summed E-state index contributed by atoms with van der Waals surface area (Å²) in [6, 6.07) is -0.187. The van der Waals surface area contributed by atoms with Crippen LogP contribution in [0.4, 0.5) is 10.5 Å². The number of carbonyl (C=O) groups is 2. The fourth-order valence-corrected chi connectivity index (χ4v) is 2.58. The van der Waals surface area contributed by atoms with Crippen LogP contribution in [-0.2, 0) is 4.79 Å². The number of urea groups is 1. The van der Waals surface area contributed by atoms with Crippen LogP contribution in [0, 0.1) is 19.8 Å². The number of rotatable bonds is 3. The molecular weight excluding hydrogens is 260 g/mol. The molecule has 3 N–H and O–H groups in total. The first-order chi connectivity index (χ1) is 9.47. The average Bonchev–Trinajstić information content (AvgIpc) is 2.70. The van der Waals surface area contributed by atoms with Crippen LogP contribution in [0.5, 0.6) is 0 Å². The molecule has 2 amide bonds. The molecule has 2 heterocycles. The van der Waals surface area contributed by atoms with E-state index < -0.39 is 5.97 Å². The van der Waals surface area contributed by atoms with E-state index in [9.17, 15) is 9.59 Å². The maximum Gasteiger partial charge on any atom is 0.321 e. The second-order valence-corrected chi connectivity index (χ2v) is 5.29. The third-order valence-electron chi connectivity index (χ3n) is 3.63. The normalized spacial score (nSPS) is 18.9. The van der Waals surface area contributed by atoms with Crippen molar-refractivity contribution in [2.45, 2.75) is 33.1 Å². The molecule has 2 rings (SSSR count). The van der Waals surface area contributed by atoms with Crippen molar-refractivity contribution < 1.29 is 14.7 Å². The second-order valence-electron chi connectivity index (χ2n) is 5.29. The molecule has 0 aliphatic carbocycles. The SMILES string of the molecule is Cc1n[nH]c(C)c1NC(=O)N1CCCC(CC(=O)O)C1. The number of nitrogens with one attached hydrogen (secondary N) is 2. The summed E-state index contributed by atoms with van der Waals surface area (Å²) in [5.74, 6) is -0.766. The van der Waals surface area contributed by atoms with Crippen molar-refractivity contribution in [1.29, 1.82) is 0 Å². The lowest BCUT2D eigenvalue weighted by Crippen LogP contribution is -2.42. The second kappa shape index (κ2) is 5.94. The summed E-state index contributed by atoms with van der Waals surface area (Å²) in [5, 5.41) is 18.5. The largest absolute Gasteiger partial charge is 0.481 e. The monoisotopic (exact) mass is 280 g/mol. The molecule has 1 atom stereocenters. The minimum absolute atomic E-state index is 0.0403. The van der Waals surface area contributed by atoms with Gasteiger partial charge in [-0.2, -0.15) is 5.10 Å². The maximum absolute atomic E-state index is 12.2. The van der Waals surface area contributed by atoms with Gasteiger partial charge in [-0.15, -0.1) is 0 Å². The van der Waals surface area contributed by atoms with Gasteiger partial charge < -0.3 is 15.3 Å². The van der Waals surface area contributed by atoms with Crippen molar-refractivity contribution >= 4 is 17.7 Å². The number of H-pyrrole nitrogens is 1. The van der Waals surface area contributed by atoms with Crippen LogP contribution < -0.4 is 5.32 Å². The van der Waals surface area contributed by atoms with E-state index in [0.717, 1.165) is 24.2 Å². The zero-order valence-electron chi connectivity index (χ0n) is 11.8. The van der Waals surface area contributed by atoms with Crippen molar-refractivity contribution in [3.05, 3.63) is 11.4 Å². The minimum Gasteiger partial charge on any atom is -0.481 e. The average molecular weight is 280 g/mol. The van der Waals surface area contributed by atoms with E-state index in [1.165, 1.54) is 0 Å². The molecule has 1 fully saturated rings. The fourth-order valence-electron chi connectivity index (χ4n) is 2.58. The Labute approximate surface area is 117 Å². The summed E-state index contributed by atoms with van der Waals surface area (Å²) < 4.78 is 0. The van der Waals surface area contributed by atoms with Crippen LogP contribution in [-0.4, -0.2) is 45.3 Å². The highest BCUT2D eigenvalue weighted by atomic mass is 16.4. The number of aliphatic carboxylic acids is 1. The van der Waals surface area contributed by atoms with Gasteiger partial charge in [0, 0.05) is 19.5 Å². The molecular formula is C13H20N4O3. The first-order valence-electron chi connectivity index (χ1n) is 6.76. The topological polar surface area (TPSA) is 98.3 Å². The smallest absolute Gasteiger partial charge is 0.321 e. The van der Waals surface area contributed by atoms with E-state index in [0.29, 0.717) is 18.8 Å². The van der Waals surface area contributed by atoms with Crippen LogP contribution in [0.15, 0.2) is 0 Å². The highest BCUT2D eigenvalue weighted by Crippen LogP contribution is 2.22. The summed E-state index contributed by atoms with van der Waals surface area (Å²) in [6.07, 6.45) is 1.82. The van der Waals surface area contributed by atoms with Gasteiger partial charge >= 0.3 is 12.0 Å². The first kappa shape index (κ1) is 14.4. The van der Waals surface area contributed by atoms with Gasteiger partial charge in [-0.1, -0.05) is 0 Å². The maximum atomic E-state index is 12.2. The Bertz CT molecular complexity index is 492. The lowest BCUT2D eigenvalue weighted by molar-refractivity contribution is -0.138. The number of likely N-dealkylation sites (tertiary alicyclic amines) is 1. The van der Waals surface area contributed by atoms with Crippen molar-refractivity contribution in [2.75, 3.05) is 18.4 Å². The number of anilines is 1. The van der Waals surface area contributed by atoms with Crippen LogP contribution in [0.2, 0.25) is 0 Å². The third-order valence-corrected chi connectivity index (χ3v) is 3.63. The van der Waals surface area contributed by atoms with E-state index >= 15 is 0 Å². The molecule has 0 radical (unpaired) electrons. The lowest BCUT2D eigenvalue weighted by atomic mass is 9.95. The Morgan fingerprint density at radius 1 is 1.50 bits per heavy atom. The quantitative estimate of drug-likeness (QED) is 0.785. The first-order valence-corrected chi connectivity index (χ1v) is 6.76. The Morgan fingerprint density at radius 2 is 2.25 bits per heavy atom. The van der Waals surface area contributed by atoms with Crippen molar-refractivity contribution in [1.82, 2.24) is 15.1 Å².